The zero-order valence-electron chi connectivity index (χ0n) is 13.2. The van der Waals surface area contributed by atoms with Crippen LogP contribution in [0.1, 0.15) is 16.8 Å². The van der Waals surface area contributed by atoms with Gasteiger partial charge in [0, 0.05) is 26.7 Å². The smallest absolute Gasteiger partial charge is 0.363 e. The maximum absolute atomic E-state index is 12.9. The summed E-state index contributed by atoms with van der Waals surface area (Å²) >= 11 is 0. The van der Waals surface area contributed by atoms with Crippen LogP contribution in [-0.2, 0) is 18.9 Å². The third-order valence-corrected chi connectivity index (χ3v) is 3.17. The zero-order valence-corrected chi connectivity index (χ0v) is 13.2. The number of nitrogens with one attached hydrogen (secondary N) is 1. The van der Waals surface area contributed by atoms with E-state index in [2.05, 4.69) is 15.3 Å². The summed E-state index contributed by atoms with van der Waals surface area (Å²) in [5.41, 5.74) is -1.74. The molecule has 0 aliphatic heterocycles. The first-order valence-electron chi connectivity index (χ1n) is 7.00. The summed E-state index contributed by atoms with van der Waals surface area (Å²) < 4.78 is 76.7. The lowest BCUT2D eigenvalue weighted by Crippen LogP contribution is -2.17. The maximum Gasteiger partial charge on any atom is 0.433 e. The van der Waals surface area contributed by atoms with Crippen LogP contribution in [0.2, 0.25) is 0 Å². The minimum atomic E-state index is -4.67. The molecule has 0 unspecified atom stereocenters. The number of benzene rings is 1. The number of alkyl halides is 6. The molecule has 0 saturated heterocycles. The van der Waals surface area contributed by atoms with Crippen molar-refractivity contribution in [2.45, 2.75) is 18.9 Å². The van der Waals surface area contributed by atoms with Gasteiger partial charge in [-0.25, -0.2) is 4.98 Å². The molecule has 10 heteroatoms. The molecular weight excluding hydrogens is 350 g/mol. The monoisotopic (exact) mass is 364 g/mol. The second kappa shape index (κ2) is 6.77. The molecule has 0 radical (unpaired) electrons. The average Bonchev–Trinajstić information content (AvgIpc) is 2.51. The van der Waals surface area contributed by atoms with Gasteiger partial charge in [0.05, 0.1) is 5.56 Å². The lowest BCUT2D eigenvalue weighted by Gasteiger charge is -2.16. The Labute approximate surface area is 139 Å². The van der Waals surface area contributed by atoms with E-state index in [0.717, 1.165) is 18.2 Å². The highest BCUT2D eigenvalue weighted by Crippen LogP contribution is 2.31. The quantitative estimate of drug-likeness (QED) is 0.826. The molecule has 0 atom stereocenters. The second-order valence-corrected chi connectivity index (χ2v) is 5.38. The van der Waals surface area contributed by atoms with Gasteiger partial charge in [0.1, 0.15) is 5.82 Å². The fourth-order valence-corrected chi connectivity index (χ4v) is 1.93. The predicted octanol–water partition coefficient (Wildman–Crippen LogP) is 4.19. The van der Waals surface area contributed by atoms with E-state index in [9.17, 15) is 26.3 Å². The number of halogens is 6. The average molecular weight is 364 g/mol. The van der Waals surface area contributed by atoms with Crippen LogP contribution in [0.15, 0.2) is 30.3 Å². The van der Waals surface area contributed by atoms with E-state index in [1.165, 1.54) is 31.1 Å². The van der Waals surface area contributed by atoms with Crippen molar-refractivity contribution in [3.05, 3.63) is 47.2 Å². The van der Waals surface area contributed by atoms with Crippen molar-refractivity contribution in [1.82, 2.24) is 9.97 Å². The van der Waals surface area contributed by atoms with Crippen LogP contribution in [0.5, 0.6) is 0 Å². The van der Waals surface area contributed by atoms with E-state index in [-0.39, 0.29) is 23.9 Å². The Morgan fingerprint density at radius 3 is 2.20 bits per heavy atom. The molecule has 0 fully saturated rings. The molecule has 0 amide bonds. The molecule has 0 aliphatic carbocycles. The van der Waals surface area contributed by atoms with Crippen LogP contribution in [-0.4, -0.2) is 24.1 Å². The summed E-state index contributed by atoms with van der Waals surface area (Å²) in [6.45, 7) is -0.155. The van der Waals surface area contributed by atoms with Crippen molar-refractivity contribution in [1.29, 1.82) is 0 Å². The summed E-state index contributed by atoms with van der Waals surface area (Å²) in [7, 11) is 3.03. The van der Waals surface area contributed by atoms with Gasteiger partial charge in [0.15, 0.2) is 5.69 Å². The molecule has 2 rings (SSSR count). The predicted molar refractivity (Wildman–Crippen MR) is 80.1 cm³/mol. The topological polar surface area (TPSA) is 41.1 Å². The molecule has 1 aromatic carbocycles. The first-order chi connectivity index (χ1) is 11.5. The molecule has 2 aromatic rings. The summed E-state index contributed by atoms with van der Waals surface area (Å²) in [5.74, 6) is -0.301. The summed E-state index contributed by atoms with van der Waals surface area (Å²) in [5, 5.41) is 2.53. The number of nitrogens with zero attached hydrogens (tertiary/aromatic N) is 3. The Kier molecular flexibility index (Phi) is 5.09. The highest BCUT2D eigenvalue weighted by atomic mass is 19.4. The number of anilines is 2. The van der Waals surface area contributed by atoms with Gasteiger partial charge in [-0.15, -0.1) is 0 Å². The molecule has 0 bridgehead atoms. The minimum absolute atomic E-state index is 0.0221. The Morgan fingerprint density at radius 2 is 1.64 bits per heavy atom. The Morgan fingerprint density at radius 1 is 0.960 bits per heavy atom. The van der Waals surface area contributed by atoms with Crippen LogP contribution in [0.4, 0.5) is 38.1 Å². The molecule has 25 heavy (non-hydrogen) atoms. The first kappa shape index (κ1) is 18.8. The van der Waals surface area contributed by atoms with Gasteiger partial charge in [-0.3, -0.25) is 0 Å². The van der Waals surface area contributed by atoms with Crippen molar-refractivity contribution < 1.29 is 26.3 Å². The molecule has 136 valence electrons. The maximum atomic E-state index is 12.9. The lowest BCUT2D eigenvalue weighted by atomic mass is 10.1. The van der Waals surface area contributed by atoms with E-state index in [0.29, 0.717) is 0 Å². The Balaban J connectivity index is 2.24. The number of hydrogen-bond acceptors (Lipinski definition) is 4. The zero-order chi connectivity index (χ0) is 18.8. The fraction of sp³-hybridized carbons (Fsp3) is 0.333. The Hall–Kier alpha value is -2.52. The van der Waals surface area contributed by atoms with E-state index >= 15 is 0 Å². The molecule has 0 spiro atoms. The Bertz CT molecular complexity index is 740. The van der Waals surface area contributed by atoms with Crippen LogP contribution in [0, 0.1) is 0 Å². The molecule has 1 aromatic heterocycles. The van der Waals surface area contributed by atoms with E-state index in [1.54, 1.807) is 0 Å². The third kappa shape index (κ3) is 4.97. The van der Waals surface area contributed by atoms with Crippen LogP contribution in [0.25, 0.3) is 0 Å². The normalized spacial score (nSPS) is 12.2. The highest BCUT2D eigenvalue weighted by molar-refractivity contribution is 5.44. The van der Waals surface area contributed by atoms with Crippen molar-refractivity contribution in [2.24, 2.45) is 0 Å². The molecule has 1 heterocycles. The molecule has 1 N–H and O–H groups in total. The van der Waals surface area contributed by atoms with Gasteiger partial charge in [0.2, 0.25) is 5.95 Å². The van der Waals surface area contributed by atoms with Crippen molar-refractivity contribution in [2.75, 3.05) is 24.3 Å². The van der Waals surface area contributed by atoms with Crippen molar-refractivity contribution >= 4 is 11.8 Å². The van der Waals surface area contributed by atoms with Gasteiger partial charge in [0.25, 0.3) is 0 Å². The van der Waals surface area contributed by atoms with Gasteiger partial charge >= 0.3 is 12.4 Å². The van der Waals surface area contributed by atoms with Gasteiger partial charge < -0.3 is 10.2 Å². The molecular formula is C15H14F6N4. The lowest BCUT2D eigenvalue weighted by molar-refractivity contribution is -0.141. The highest BCUT2D eigenvalue weighted by Gasteiger charge is 2.34. The number of hydrogen-bond donors (Lipinski definition) is 1. The van der Waals surface area contributed by atoms with Crippen LogP contribution in [0.3, 0.4) is 0 Å². The standard InChI is InChI=1S/C15H14F6N4/c1-25(2)12-7-11(15(19,20)21)23-13(24-12)22-8-9-4-3-5-10(6-9)14(16,17)18/h3-7H,8H2,1-2H3,(H,22,23,24). The summed E-state index contributed by atoms with van der Waals surface area (Å²) in [4.78, 5) is 8.66. The first-order valence-corrected chi connectivity index (χ1v) is 7.00. The van der Waals surface area contributed by atoms with Crippen LogP contribution < -0.4 is 10.2 Å². The van der Waals surface area contributed by atoms with Gasteiger partial charge in [-0.1, -0.05) is 12.1 Å². The largest absolute Gasteiger partial charge is 0.433 e. The third-order valence-electron chi connectivity index (χ3n) is 3.17. The summed E-state index contributed by atoms with van der Waals surface area (Å²) in [6, 6.07) is 5.25. The van der Waals surface area contributed by atoms with Gasteiger partial charge in [-0.05, 0) is 17.7 Å². The minimum Gasteiger partial charge on any atom is -0.363 e. The van der Waals surface area contributed by atoms with E-state index in [4.69, 9.17) is 0 Å². The SMILES string of the molecule is CN(C)c1cc(C(F)(F)F)nc(NCc2cccc(C(F)(F)F)c2)n1. The van der Waals surface area contributed by atoms with Crippen molar-refractivity contribution in [3.8, 4) is 0 Å². The van der Waals surface area contributed by atoms with E-state index in [1.807, 2.05) is 0 Å². The molecule has 0 aliphatic rings. The number of aromatic nitrogens is 2. The number of rotatable bonds is 4. The molecule has 0 saturated carbocycles. The van der Waals surface area contributed by atoms with Crippen LogP contribution >= 0.6 is 0 Å². The van der Waals surface area contributed by atoms with Gasteiger partial charge in [-0.2, -0.15) is 31.3 Å². The van der Waals surface area contributed by atoms with E-state index < -0.39 is 23.6 Å². The second-order valence-electron chi connectivity index (χ2n) is 5.38. The van der Waals surface area contributed by atoms with Crippen molar-refractivity contribution in [3.63, 3.8) is 0 Å². The fourth-order valence-electron chi connectivity index (χ4n) is 1.93. The molecule has 4 nitrogen and oxygen atoms in total. The summed E-state index contributed by atoms with van der Waals surface area (Å²) in [6.07, 6.45) is -9.17.